The number of aromatic amines is 3. The number of rotatable bonds is 6. The Morgan fingerprint density at radius 2 is 0.725 bits per heavy atom. The minimum Gasteiger partial charge on any atom is -0.398 e. The number of nitrogens with one attached hydrogen (secondary N) is 3. The number of hydrogen-bond acceptors (Lipinski definition) is 44. The highest BCUT2D eigenvalue weighted by molar-refractivity contribution is 8.44. The molecule has 7 unspecified atom stereocenters. The molecule has 0 radical (unpaired) electrons. The highest BCUT2D eigenvalue weighted by Gasteiger charge is 2.56. The van der Waals surface area contributed by atoms with E-state index in [0.29, 0.717) is 45.0 Å². The summed E-state index contributed by atoms with van der Waals surface area (Å²) >= 11 is 30.5. The number of nitrogens with zero attached hydrogens (tertiary/aromatic N) is 17. The Morgan fingerprint density at radius 3 is 1.17 bits per heavy atom. The third-order valence-corrected chi connectivity index (χ3v) is 31.5. The molecule has 0 amide bonds. The molecule has 0 saturated carbocycles. The predicted octanol–water partition coefficient (Wildman–Crippen LogP) is 2.99. The molecule has 0 aromatic carbocycles. The van der Waals surface area contributed by atoms with E-state index in [1.807, 2.05) is 6.07 Å². The fourth-order valence-electron chi connectivity index (χ4n) is 16.1. The lowest BCUT2D eigenvalue weighted by molar-refractivity contribution is -0.0596. The van der Waals surface area contributed by atoms with Crippen LogP contribution in [0.25, 0.3) is 66.9 Å². The number of thiol groups is 1. The Kier molecular flexibility index (Phi) is 25.4. The lowest BCUT2D eigenvalue weighted by Crippen LogP contribution is -2.32. The van der Waals surface area contributed by atoms with E-state index >= 15 is 8.78 Å². The Bertz CT molecular complexity index is 6700. The van der Waals surface area contributed by atoms with Gasteiger partial charge in [0.2, 0.25) is 17.8 Å². The number of nitrogen functional groups attached to an aromatic ring is 6. The zero-order valence-corrected chi connectivity index (χ0v) is 76.7. The summed E-state index contributed by atoms with van der Waals surface area (Å²) in [6, 6.07) is 6.74. The summed E-state index contributed by atoms with van der Waals surface area (Å²) in [6.07, 6.45) is -9.00. The number of pyridine rings is 3. The third-order valence-electron chi connectivity index (χ3n) is 22.0. The van der Waals surface area contributed by atoms with Gasteiger partial charge >= 0.3 is 40.4 Å². The van der Waals surface area contributed by atoms with Crippen LogP contribution in [0.4, 0.5) is 43.7 Å². The van der Waals surface area contributed by atoms with Crippen LogP contribution in [-0.4, -0.2) is 247 Å². The first-order chi connectivity index (χ1) is 62.2. The average molecular weight is 2060 g/mol. The van der Waals surface area contributed by atoms with Gasteiger partial charge in [-0.05, 0) is 83.3 Å². The van der Waals surface area contributed by atoms with E-state index in [0.717, 1.165) is 11.7 Å². The molecule has 67 heteroatoms. The van der Waals surface area contributed by atoms with E-state index < -0.39 is 206 Å². The summed E-state index contributed by atoms with van der Waals surface area (Å²) in [7, 11) is 0. The summed E-state index contributed by atoms with van der Waals surface area (Å²) in [5.74, 6) is -0.575. The van der Waals surface area contributed by atoms with E-state index in [1.54, 1.807) is 44.3 Å². The number of hydrogen-bond donors (Lipinski definition) is 15. The number of fused-ring (bicyclic) bond motifs is 15. The topological polar surface area (TPSA) is 710 Å². The predicted molar refractivity (Wildman–Crippen MR) is 471 cm³/mol. The third kappa shape index (κ3) is 19.0. The minimum absolute atomic E-state index is 0.0249. The van der Waals surface area contributed by atoms with Gasteiger partial charge in [-0.1, -0.05) is 12.2 Å². The van der Waals surface area contributed by atoms with E-state index in [-0.39, 0.29) is 90.2 Å². The van der Waals surface area contributed by atoms with E-state index in [9.17, 15) is 43.4 Å². The molecule has 9 aliphatic rings. The molecule has 0 aliphatic carbocycles. The highest BCUT2D eigenvalue weighted by Crippen LogP contribution is 2.61. The summed E-state index contributed by atoms with van der Waals surface area (Å²) in [5.41, 5.74) is 37.1. The first-order valence-electron chi connectivity index (χ1n) is 38.9. The molecular formula is C64H74F2N26O27P6S6. The molecule has 131 heavy (non-hydrogen) atoms. The SMILES string of the molecule is Nc1nc2c(ncn2[C@@H]2O[C@@H]3COP(O)(=S)O[C@H]4C[C@H](n5ccc6c(N)ccnc65)OC4COP(O)(=S)O[C@@H]2C3)c(=O)[nH]1.Nc1nc2c(ncn2[C@@H]2O[C@@H]3COP(O)(=S)O[C@H]4C[C@H](n5cnc6c(N)ccnc65)O[C@@H]4COP(=O)(S)O[C@@H]2[C@@H]3F)c(=O)[nH]1.Nc1nc2c(ncn2[C@@H]2O[C@@H]3COP(O)(=S)O[C@H]4C[C@H](n5cnc6c(N)ccnc65)O[C@@H]4COP(O)(=S)O[C@@H]2[C@@H]3F)c(=O)[nH]1. The van der Waals surface area contributed by atoms with Crippen LogP contribution in [0.15, 0.2) is 95.1 Å². The van der Waals surface area contributed by atoms with Crippen LogP contribution in [0.5, 0.6) is 0 Å². The molecule has 21 heterocycles. The van der Waals surface area contributed by atoms with Crippen LogP contribution in [-0.2, 0) is 146 Å². The van der Waals surface area contributed by atoms with Crippen LogP contribution < -0.4 is 51.1 Å². The average Bonchev–Trinajstić information content (AvgIpc) is 1.61. The van der Waals surface area contributed by atoms with Crippen molar-refractivity contribution in [3.8, 4) is 0 Å². The second kappa shape index (κ2) is 35.9. The molecule has 9 saturated heterocycles. The monoisotopic (exact) mass is 2050 g/mol. The number of alkyl halides is 2. The zero-order chi connectivity index (χ0) is 92.0. The van der Waals surface area contributed by atoms with Gasteiger partial charge in [-0.25, -0.2) is 53.2 Å². The Morgan fingerprint density at radius 1 is 0.374 bits per heavy atom. The maximum Gasteiger partial charge on any atom is 0.386 e. The fraction of sp³-hybridized carbons (Fsp3) is 0.469. The van der Waals surface area contributed by atoms with Gasteiger partial charge < -0.3 is 133 Å². The van der Waals surface area contributed by atoms with Crippen LogP contribution in [0.2, 0.25) is 0 Å². The number of aromatic nitrogens is 20. The van der Waals surface area contributed by atoms with Gasteiger partial charge in [-0.3, -0.25) is 65.7 Å². The first kappa shape index (κ1) is 92.6. The molecule has 21 rings (SSSR count). The van der Waals surface area contributed by atoms with Crippen molar-refractivity contribution >= 4 is 213 Å². The van der Waals surface area contributed by atoms with E-state index in [4.69, 9.17) is 176 Å². The maximum atomic E-state index is 15.8. The lowest BCUT2D eigenvalue weighted by Gasteiger charge is -2.27. The highest BCUT2D eigenvalue weighted by atomic mass is 32.7. The maximum absolute atomic E-state index is 15.8. The van der Waals surface area contributed by atoms with Crippen molar-refractivity contribution in [1.29, 1.82) is 0 Å². The van der Waals surface area contributed by atoms with Crippen LogP contribution >= 0.6 is 52.6 Å². The van der Waals surface area contributed by atoms with Crippen molar-refractivity contribution in [3.63, 3.8) is 0 Å². The summed E-state index contributed by atoms with van der Waals surface area (Å²) in [5, 5.41) is 0.749. The van der Waals surface area contributed by atoms with Crippen LogP contribution in [0, 0.1) is 0 Å². The molecule has 26 atom stereocenters. The molecule has 20 N–H and O–H groups in total. The molecule has 12 aromatic rings. The van der Waals surface area contributed by atoms with Crippen molar-refractivity contribution in [3.05, 3.63) is 112 Å². The van der Waals surface area contributed by atoms with E-state index in [2.05, 4.69) is 82.0 Å². The number of H-pyrrole nitrogens is 3. The van der Waals surface area contributed by atoms with Crippen LogP contribution in [0.1, 0.15) is 63.1 Å². The smallest absolute Gasteiger partial charge is 0.386 e. The quantitative estimate of drug-likeness (QED) is 0.0840. The Balaban J connectivity index is 0.000000127. The van der Waals surface area contributed by atoms with Gasteiger partial charge in [0.15, 0.2) is 75.8 Å². The van der Waals surface area contributed by atoms with Gasteiger partial charge in [0, 0.05) is 61.5 Å². The van der Waals surface area contributed by atoms with Gasteiger partial charge in [0.05, 0.1) is 107 Å². The Labute approximate surface area is 760 Å². The van der Waals surface area contributed by atoms with Crippen molar-refractivity contribution < 1.29 is 121 Å². The van der Waals surface area contributed by atoms with E-state index in [1.165, 1.54) is 51.4 Å². The molecule has 9 fully saturated rings. The molecule has 6 bridgehead atoms. The summed E-state index contributed by atoms with van der Waals surface area (Å²) in [4.78, 5) is 145. The standard InChI is InChI=1S/C22H26N8O9P2S2.2C21H24FN9O9P2S2/c23-12-1-3-25-18-11(12)2-4-29(18)16-6-13-15(37-16)8-35-41(33,43)39-14-5-10(7-34-40(32,42)38-13)36-21(14)30-9-26-17-19(30)27-22(24)28-20(17)31;2*22-13-11-5-36-41(33,43)39-9-3-12(30-6-26-14-8(23)1-2-25-17(14)30)37-10(9)4-35-42(34,44)40-16(13)20(38-11)31-7-27-15-18(31)28-21(24)29-19(15)32/h1-4,9-10,13-16,21H,5-8H2,(H2,23,25)(H,32,42)(H,33,43)(H3,24,27,28,31);2*1-2,6-7,9-13,16,20H,3-5H2,(H2,23,25)(H,33,43)(H,34,44)(H3,24,28,29,32)/t10-,13-,14+,15?,16+,21+,40?,41?;2*9-,10+,11+,12+,13+,16+,20+,41?,42?/m000/s1. The largest absolute Gasteiger partial charge is 0.398 e. The molecule has 702 valence electrons. The van der Waals surface area contributed by atoms with Gasteiger partial charge in [0.25, 0.3) is 16.7 Å². The number of anilines is 6. The van der Waals surface area contributed by atoms with Gasteiger partial charge in [-0.2, -0.15) is 15.0 Å². The lowest BCUT2D eigenvalue weighted by atomic mass is 10.1. The summed E-state index contributed by atoms with van der Waals surface area (Å²) in [6.45, 7) is -26.7. The number of nitrogens with two attached hydrogens (primary N) is 6. The fourth-order valence-corrected chi connectivity index (χ4v) is 24.8. The molecule has 12 aromatic heterocycles. The second-order valence-corrected chi connectivity index (χ2v) is 47.3. The number of ether oxygens (including phenoxy) is 6. The normalized spacial score (nSPS) is 36.2. The van der Waals surface area contributed by atoms with Gasteiger partial charge in [0.1, 0.15) is 84.2 Å². The zero-order valence-electron chi connectivity index (χ0n) is 66.3. The number of imidazole rings is 5. The number of halogens is 2. The first-order valence-corrected chi connectivity index (χ1v) is 54.6. The van der Waals surface area contributed by atoms with Crippen molar-refractivity contribution in [2.45, 2.75) is 149 Å². The molecule has 53 nitrogen and oxygen atoms in total. The van der Waals surface area contributed by atoms with Crippen molar-refractivity contribution in [1.82, 2.24) is 97.2 Å². The molecular weight excluding hydrogens is 1980 g/mol. The van der Waals surface area contributed by atoms with Gasteiger partial charge in [-0.15, -0.1) is 0 Å². The summed E-state index contributed by atoms with van der Waals surface area (Å²) < 4.78 is 159. The molecule has 9 aliphatic heterocycles. The molecule has 0 spiro atoms. The Hall–Kier alpha value is -7.45. The second-order valence-electron chi connectivity index (χ2n) is 30.4. The van der Waals surface area contributed by atoms with Crippen molar-refractivity contribution in [2.24, 2.45) is 0 Å². The van der Waals surface area contributed by atoms with Crippen LogP contribution in [0.3, 0.4) is 0 Å². The minimum atomic E-state index is -4.34. The van der Waals surface area contributed by atoms with Crippen molar-refractivity contribution in [2.75, 3.05) is 74.0 Å².